The Morgan fingerprint density at radius 3 is 2.38 bits per heavy atom. The summed E-state index contributed by atoms with van der Waals surface area (Å²) in [7, 11) is 0. The van der Waals surface area contributed by atoms with E-state index in [4.69, 9.17) is 4.74 Å². The van der Waals surface area contributed by atoms with Crippen molar-refractivity contribution in [3.05, 3.63) is 59.2 Å². The summed E-state index contributed by atoms with van der Waals surface area (Å²) in [6, 6.07) is 12.4. The van der Waals surface area contributed by atoms with Crippen LogP contribution in [-0.2, 0) is 14.3 Å². The minimum atomic E-state index is -0.422. The molecule has 1 aliphatic rings. The minimum absolute atomic E-state index is 0.0554. The van der Waals surface area contributed by atoms with E-state index in [1.807, 2.05) is 32.0 Å². The lowest BCUT2D eigenvalue weighted by atomic mass is 10.1. The number of aryl methyl sites for hydroxylation is 2. The zero-order valence-electron chi connectivity index (χ0n) is 17.2. The van der Waals surface area contributed by atoms with Crippen molar-refractivity contribution in [2.24, 2.45) is 5.92 Å². The maximum atomic E-state index is 12.6. The number of esters is 1. The molecule has 0 spiro atoms. The molecule has 1 aliphatic heterocycles. The first-order chi connectivity index (χ1) is 13.7. The Morgan fingerprint density at radius 1 is 1.07 bits per heavy atom. The van der Waals surface area contributed by atoms with Crippen LogP contribution < -0.4 is 10.2 Å². The van der Waals surface area contributed by atoms with Gasteiger partial charge in [0.15, 0.2) is 0 Å². The molecule has 0 unspecified atom stereocenters. The number of benzene rings is 2. The van der Waals surface area contributed by atoms with Gasteiger partial charge in [0.2, 0.25) is 11.8 Å². The molecular weight excluding hydrogens is 368 g/mol. The molecule has 1 N–H and O–H groups in total. The number of nitrogens with zero attached hydrogens (tertiary/aromatic N) is 1. The van der Waals surface area contributed by atoms with Gasteiger partial charge in [0.05, 0.1) is 17.6 Å². The SMILES string of the molecule is Cc1ccc(N2C[C@@H](C(=O)Nc3ccc(C(=O)OC(C)C)cc3)CC2=O)cc1C. The lowest BCUT2D eigenvalue weighted by Gasteiger charge is -2.18. The molecule has 0 saturated carbocycles. The highest BCUT2D eigenvalue weighted by molar-refractivity contribution is 6.03. The van der Waals surface area contributed by atoms with Crippen LogP contribution in [0.5, 0.6) is 0 Å². The van der Waals surface area contributed by atoms with Gasteiger partial charge in [0.25, 0.3) is 0 Å². The average molecular weight is 394 g/mol. The molecular formula is C23H26N2O4. The van der Waals surface area contributed by atoms with Gasteiger partial charge in [0, 0.05) is 24.3 Å². The number of nitrogens with one attached hydrogen (secondary N) is 1. The van der Waals surface area contributed by atoms with Crippen LogP contribution in [0, 0.1) is 19.8 Å². The Hall–Kier alpha value is -3.15. The molecule has 2 aromatic carbocycles. The van der Waals surface area contributed by atoms with Crippen molar-refractivity contribution < 1.29 is 19.1 Å². The van der Waals surface area contributed by atoms with E-state index in [1.165, 1.54) is 0 Å². The summed E-state index contributed by atoms with van der Waals surface area (Å²) < 4.78 is 5.15. The fourth-order valence-corrected chi connectivity index (χ4v) is 3.24. The van der Waals surface area contributed by atoms with Crippen LogP contribution in [0.15, 0.2) is 42.5 Å². The quantitative estimate of drug-likeness (QED) is 0.782. The third-order valence-electron chi connectivity index (χ3n) is 5.03. The van der Waals surface area contributed by atoms with Gasteiger partial charge in [0.1, 0.15) is 0 Å². The highest BCUT2D eigenvalue weighted by Crippen LogP contribution is 2.27. The predicted molar refractivity (Wildman–Crippen MR) is 112 cm³/mol. The number of rotatable bonds is 5. The van der Waals surface area contributed by atoms with Gasteiger partial charge in [-0.2, -0.15) is 0 Å². The van der Waals surface area contributed by atoms with Crippen molar-refractivity contribution >= 4 is 29.2 Å². The van der Waals surface area contributed by atoms with Crippen molar-refractivity contribution in [3.63, 3.8) is 0 Å². The average Bonchev–Trinajstić information content (AvgIpc) is 3.06. The Balaban J connectivity index is 1.63. The van der Waals surface area contributed by atoms with Crippen LogP contribution in [0.2, 0.25) is 0 Å². The maximum absolute atomic E-state index is 12.6. The van der Waals surface area contributed by atoms with Gasteiger partial charge in [-0.15, -0.1) is 0 Å². The van der Waals surface area contributed by atoms with Crippen LogP contribution in [0.25, 0.3) is 0 Å². The zero-order chi connectivity index (χ0) is 21.1. The van der Waals surface area contributed by atoms with Crippen LogP contribution >= 0.6 is 0 Å². The Bertz CT molecular complexity index is 934. The molecule has 0 aromatic heterocycles. The van der Waals surface area contributed by atoms with Crippen molar-refractivity contribution in [2.75, 3.05) is 16.8 Å². The molecule has 152 valence electrons. The fraction of sp³-hybridized carbons (Fsp3) is 0.348. The number of hydrogen-bond donors (Lipinski definition) is 1. The van der Waals surface area contributed by atoms with Gasteiger partial charge in [-0.05, 0) is 75.2 Å². The summed E-state index contributed by atoms with van der Waals surface area (Å²) in [5.41, 5.74) is 4.10. The first-order valence-electron chi connectivity index (χ1n) is 9.74. The molecule has 1 heterocycles. The number of anilines is 2. The smallest absolute Gasteiger partial charge is 0.338 e. The van der Waals surface area contributed by atoms with Crippen LogP contribution in [0.1, 0.15) is 41.8 Å². The monoisotopic (exact) mass is 394 g/mol. The summed E-state index contributed by atoms with van der Waals surface area (Å²) in [6.07, 6.45) is -0.0144. The lowest BCUT2D eigenvalue weighted by molar-refractivity contribution is -0.122. The molecule has 6 heteroatoms. The van der Waals surface area contributed by atoms with Crippen molar-refractivity contribution in [1.29, 1.82) is 0 Å². The topological polar surface area (TPSA) is 75.7 Å². The second kappa shape index (κ2) is 8.47. The molecule has 29 heavy (non-hydrogen) atoms. The summed E-state index contributed by atoms with van der Waals surface area (Å²) >= 11 is 0. The van der Waals surface area contributed by atoms with Gasteiger partial charge < -0.3 is 15.0 Å². The molecule has 0 bridgehead atoms. The summed E-state index contributed by atoms with van der Waals surface area (Å²) in [5, 5.41) is 2.83. The highest BCUT2D eigenvalue weighted by Gasteiger charge is 2.35. The van der Waals surface area contributed by atoms with Crippen LogP contribution in [0.4, 0.5) is 11.4 Å². The minimum Gasteiger partial charge on any atom is -0.459 e. The standard InChI is InChI=1S/C23H26N2O4/c1-14(2)29-23(28)17-6-8-19(9-7-17)24-22(27)18-12-21(26)25(13-18)20-10-5-15(3)16(4)11-20/h5-11,14,18H,12-13H2,1-4H3,(H,24,27)/t18-/m0/s1. The molecule has 1 saturated heterocycles. The molecule has 1 atom stereocenters. The van der Waals surface area contributed by atoms with E-state index in [2.05, 4.69) is 5.32 Å². The molecule has 6 nitrogen and oxygen atoms in total. The third-order valence-corrected chi connectivity index (χ3v) is 5.03. The van der Waals surface area contributed by atoms with Crippen molar-refractivity contribution in [3.8, 4) is 0 Å². The predicted octanol–water partition coefficient (Wildman–Crippen LogP) is 3.86. The molecule has 3 rings (SSSR count). The molecule has 1 fully saturated rings. The Morgan fingerprint density at radius 2 is 1.76 bits per heavy atom. The van der Waals surface area contributed by atoms with E-state index < -0.39 is 11.9 Å². The number of hydrogen-bond acceptors (Lipinski definition) is 4. The lowest BCUT2D eigenvalue weighted by Crippen LogP contribution is -2.28. The number of ether oxygens (including phenoxy) is 1. The largest absolute Gasteiger partial charge is 0.459 e. The normalized spacial score (nSPS) is 16.2. The van der Waals surface area contributed by atoms with Gasteiger partial charge in [-0.25, -0.2) is 4.79 Å². The number of carbonyl (C=O) groups excluding carboxylic acids is 3. The summed E-state index contributed by atoms with van der Waals surface area (Å²) in [5.74, 6) is -1.08. The van der Waals surface area contributed by atoms with Crippen LogP contribution in [0.3, 0.4) is 0 Å². The highest BCUT2D eigenvalue weighted by atomic mass is 16.5. The second-order valence-corrected chi connectivity index (χ2v) is 7.69. The van der Waals surface area contributed by atoms with E-state index in [0.717, 1.165) is 16.8 Å². The van der Waals surface area contributed by atoms with Crippen LogP contribution in [-0.4, -0.2) is 30.4 Å². The number of carbonyl (C=O) groups is 3. The maximum Gasteiger partial charge on any atom is 0.338 e. The third kappa shape index (κ3) is 4.83. The van der Waals surface area contributed by atoms with E-state index in [1.54, 1.807) is 43.0 Å². The summed E-state index contributed by atoms with van der Waals surface area (Å²) in [6.45, 7) is 7.96. The molecule has 2 aromatic rings. The molecule has 0 radical (unpaired) electrons. The molecule has 0 aliphatic carbocycles. The Kier molecular flexibility index (Phi) is 6.01. The van der Waals surface area contributed by atoms with Gasteiger partial charge in [-0.1, -0.05) is 6.07 Å². The van der Waals surface area contributed by atoms with E-state index in [0.29, 0.717) is 17.8 Å². The molecule has 2 amide bonds. The van der Waals surface area contributed by atoms with Gasteiger partial charge in [-0.3, -0.25) is 9.59 Å². The van der Waals surface area contributed by atoms with Crippen molar-refractivity contribution in [1.82, 2.24) is 0 Å². The first-order valence-corrected chi connectivity index (χ1v) is 9.74. The fourth-order valence-electron chi connectivity index (χ4n) is 3.24. The summed E-state index contributed by atoms with van der Waals surface area (Å²) in [4.78, 5) is 38.6. The van der Waals surface area contributed by atoms with E-state index in [9.17, 15) is 14.4 Å². The second-order valence-electron chi connectivity index (χ2n) is 7.69. The van der Waals surface area contributed by atoms with Crippen molar-refractivity contribution in [2.45, 2.75) is 40.2 Å². The first kappa shape index (κ1) is 20.6. The van der Waals surface area contributed by atoms with E-state index in [-0.39, 0.29) is 24.3 Å². The van der Waals surface area contributed by atoms with E-state index >= 15 is 0 Å². The van der Waals surface area contributed by atoms with Gasteiger partial charge >= 0.3 is 5.97 Å². The zero-order valence-corrected chi connectivity index (χ0v) is 17.2. The number of amides is 2. The Labute approximate surface area is 170 Å².